The van der Waals surface area contributed by atoms with E-state index in [4.69, 9.17) is 11.6 Å². The van der Waals surface area contributed by atoms with E-state index in [0.717, 1.165) is 41.5 Å². The van der Waals surface area contributed by atoms with Gasteiger partial charge in [0.15, 0.2) is 0 Å². The summed E-state index contributed by atoms with van der Waals surface area (Å²) in [6, 6.07) is 13.8. The normalized spacial score (nSPS) is 16.9. The van der Waals surface area contributed by atoms with Gasteiger partial charge in [0.2, 0.25) is 11.8 Å². The maximum absolute atomic E-state index is 12.9. The van der Waals surface area contributed by atoms with Gasteiger partial charge >= 0.3 is 0 Å². The smallest absolute Gasteiger partial charge is 0.242 e. The second-order valence-electron chi connectivity index (χ2n) is 7.41. The zero-order chi connectivity index (χ0) is 19.7. The molecular formula is C22H24ClN3O2. The number of hydrogen-bond acceptors (Lipinski definition) is 3. The van der Waals surface area contributed by atoms with E-state index >= 15 is 0 Å². The number of piperazine rings is 1. The van der Waals surface area contributed by atoms with Crippen molar-refractivity contribution in [2.75, 3.05) is 42.5 Å². The molecule has 4 rings (SSSR count). The summed E-state index contributed by atoms with van der Waals surface area (Å²) in [5, 5.41) is 0.724. The molecule has 6 heteroatoms. The summed E-state index contributed by atoms with van der Waals surface area (Å²) in [4.78, 5) is 31.1. The number of amides is 2. The fraction of sp³-hybridized carbons (Fsp3) is 0.364. The van der Waals surface area contributed by atoms with Crippen LogP contribution in [0.25, 0.3) is 0 Å². The molecule has 0 atom stereocenters. The van der Waals surface area contributed by atoms with Gasteiger partial charge in [0, 0.05) is 49.0 Å². The van der Waals surface area contributed by atoms with Crippen molar-refractivity contribution in [2.24, 2.45) is 0 Å². The number of para-hydroxylation sites is 1. The highest BCUT2D eigenvalue weighted by Gasteiger charge is 2.29. The maximum atomic E-state index is 12.9. The molecule has 0 bridgehead atoms. The van der Waals surface area contributed by atoms with Crippen LogP contribution in [-0.2, 0) is 16.0 Å². The van der Waals surface area contributed by atoms with Crippen molar-refractivity contribution in [3.05, 3.63) is 58.6 Å². The first kappa shape index (κ1) is 18.8. The number of benzene rings is 2. The Kier molecular flexibility index (Phi) is 5.27. The zero-order valence-electron chi connectivity index (χ0n) is 16.0. The summed E-state index contributed by atoms with van der Waals surface area (Å²) in [5.41, 5.74) is 4.32. The molecule has 2 heterocycles. The summed E-state index contributed by atoms with van der Waals surface area (Å²) in [6.45, 7) is 5.01. The third kappa shape index (κ3) is 3.72. The molecular weight excluding hydrogens is 374 g/mol. The van der Waals surface area contributed by atoms with Crippen molar-refractivity contribution in [3.8, 4) is 0 Å². The lowest BCUT2D eigenvalue weighted by Gasteiger charge is -2.38. The standard InChI is InChI=1S/C22H24ClN3O2/c1-16-6-8-18(23)14-20(16)24-10-12-25(13-11-24)22(28)15-26-19-5-3-2-4-17(19)7-9-21(26)27/h2-6,8,14H,7,9-13,15H2,1H3. The monoisotopic (exact) mass is 397 g/mol. The highest BCUT2D eigenvalue weighted by molar-refractivity contribution is 6.30. The number of rotatable bonds is 3. The van der Waals surface area contributed by atoms with Crippen LogP contribution in [0.5, 0.6) is 0 Å². The SMILES string of the molecule is Cc1ccc(Cl)cc1N1CCN(C(=O)CN2C(=O)CCc3ccccc32)CC1. The number of hydrogen-bond donors (Lipinski definition) is 0. The lowest BCUT2D eigenvalue weighted by atomic mass is 10.0. The summed E-state index contributed by atoms with van der Waals surface area (Å²) < 4.78 is 0. The van der Waals surface area contributed by atoms with Crippen LogP contribution in [-0.4, -0.2) is 49.4 Å². The van der Waals surface area contributed by atoms with Crippen LogP contribution in [0.3, 0.4) is 0 Å². The lowest BCUT2D eigenvalue weighted by Crippen LogP contribution is -2.52. The van der Waals surface area contributed by atoms with Crippen LogP contribution in [0, 0.1) is 6.92 Å². The molecule has 1 saturated heterocycles. The fourth-order valence-corrected chi connectivity index (χ4v) is 4.19. The second-order valence-corrected chi connectivity index (χ2v) is 7.84. The molecule has 0 radical (unpaired) electrons. The summed E-state index contributed by atoms with van der Waals surface area (Å²) in [7, 11) is 0. The molecule has 28 heavy (non-hydrogen) atoms. The quantitative estimate of drug-likeness (QED) is 0.798. The molecule has 1 fully saturated rings. The maximum Gasteiger partial charge on any atom is 0.242 e. The Morgan fingerprint density at radius 1 is 1.00 bits per heavy atom. The molecule has 0 aromatic heterocycles. The molecule has 2 amide bonds. The number of nitrogens with zero attached hydrogens (tertiary/aromatic N) is 3. The molecule has 5 nitrogen and oxygen atoms in total. The van der Waals surface area contributed by atoms with Gasteiger partial charge in [-0.05, 0) is 42.7 Å². The highest BCUT2D eigenvalue weighted by Crippen LogP contribution is 2.28. The number of aryl methyl sites for hydroxylation is 2. The molecule has 2 aromatic carbocycles. The van der Waals surface area contributed by atoms with E-state index < -0.39 is 0 Å². The van der Waals surface area contributed by atoms with Gasteiger partial charge in [0.25, 0.3) is 0 Å². The average Bonchev–Trinajstić information content (AvgIpc) is 2.72. The average molecular weight is 398 g/mol. The van der Waals surface area contributed by atoms with Gasteiger partial charge in [-0.3, -0.25) is 9.59 Å². The van der Waals surface area contributed by atoms with Crippen LogP contribution in [0.15, 0.2) is 42.5 Å². The van der Waals surface area contributed by atoms with E-state index in [0.29, 0.717) is 19.5 Å². The van der Waals surface area contributed by atoms with Gasteiger partial charge in [-0.25, -0.2) is 0 Å². The Labute approximate surface area is 170 Å². The third-order valence-electron chi connectivity index (χ3n) is 5.63. The first-order valence-corrected chi connectivity index (χ1v) is 10.1. The van der Waals surface area contributed by atoms with Gasteiger partial charge in [0.1, 0.15) is 6.54 Å². The van der Waals surface area contributed by atoms with Crippen LogP contribution in [0.4, 0.5) is 11.4 Å². The van der Waals surface area contributed by atoms with Gasteiger partial charge < -0.3 is 14.7 Å². The summed E-state index contributed by atoms with van der Waals surface area (Å²) >= 11 is 6.15. The Bertz CT molecular complexity index is 906. The third-order valence-corrected chi connectivity index (χ3v) is 5.86. The van der Waals surface area contributed by atoms with Gasteiger partial charge in [-0.15, -0.1) is 0 Å². The first-order valence-electron chi connectivity index (χ1n) is 9.70. The molecule has 0 N–H and O–H groups in total. The minimum Gasteiger partial charge on any atom is -0.368 e. The Hall–Kier alpha value is -2.53. The van der Waals surface area contributed by atoms with Crippen LogP contribution in [0.2, 0.25) is 5.02 Å². The Balaban J connectivity index is 1.41. The summed E-state index contributed by atoms with van der Waals surface area (Å²) in [5.74, 6) is 0.0350. The van der Waals surface area contributed by atoms with E-state index in [1.54, 1.807) is 4.90 Å². The minimum atomic E-state index is 0.00696. The summed E-state index contributed by atoms with van der Waals surface area (Å²) in [6.07, 6.45) is 1.21. The van der Waals surface area contributed by atoms with E-state index in [-0.39, 0.29) is 18.4 Å². The van der Waals surface area contributed by atoms with Crippen molar-refractivity contribution in [2.45, 2.75) is 19.8 Å². The van der Waals surface area contributed by atoms with Crippen molar-refractivity contribution < 1.29 is 9.59 Å². The number of carbonyl (C=O) groups is 2. The molecule has 2 aromatic rings. The van der Waals surface area contributed by atoms with Crippen molar-refractivity contribution in [3.63, 3.8) is 0 Å². The molecule has 2 aliphatic rings. The van der Waals surface area contributed by atoms with Crippen molar-refractivity contribution in [1.82, 2.24) is 4.90 Å². The van der Waals surface area contributed by atoms with E-state index in [1.165, 1.54) is 5.56 Å². The fourth-order valence-electron chi connectivity index (χ4n) is 4.03. The molecule has 2 aliphatic heterocycles. The largest absolute Gasteiger partial charge is 0.368 e. The zero-order valence-corrected chi connectivity index (χ0v) is 16.8. The number of halogens is 1. The topological polar surface area (TPSA) is 43.9 Å². The van der Waals surface area contributed by atoms with E-state index in [2.05, 4.69) is 11.8 Å². The number of anilines is 2. The Morgan fingerprint density at radius 3 is 2.54 bits per heavy atom. The van der Waals surface area contributed by atoms with Crippen molar-refractivity contribution >= 4 is 34.8 Å². The van der Waals surface area contributed by atoms with Gasteiger partial charge in [0.05, 0.1) is 0 Å². The molecule has 0 aliphatic carbocycles. The van der Waals surface area contributed by atoms with Crippen LogP contribution >= 0.6 is 11.6 Å². The lowest BCUT2D eigenvalue weighted by molar-refractivity contribution is -0.131. The molecule has 0 spiro atoms. The van der Waals surface area contributed by atoms with Gasteiger partial charge in [-0.2, -0.15) is 0 Å². The van der Waals surface area contributed by atoms with Gasteiger partial charge in [-0.1, -0.05) is 35.9 Å². The molecule has 146 valence electrons. The van der Waals surface area contributed by atoms with Crippen molar-refractivity contribution in [1.29, 1.82) is 0 Å². The van der Waals surface area contributed by atoms with E-state index in [9.17, 15) is 9.59 Å². The Morgan fingerprint density at radius 2 is 1.75 bits per heavy atom. The van der Waals surface area contributed by atoms with E-state index in [1.807, 2.05) is 47.4 Å². The predicted octanol–water partition coefficient (Wildman–Crippen LogP) is 3.28. The predicted molar refractivity (Wildman–Crippen MR) is 112 cm³/mol. The molecule has 0 unspecified atom stereocenters. The van der Waals surface area contributed by atoms with Crippen LogP contribution < -0.4 is 9.80 Å². The second kappa shape index (κ2) is 7.84. The van der Waals surface area contributed by atoms with Crippen LogP contribution in [0.1, 0.15) is 17.5 Å². The number of carbonyl (C=O) groups excluding carboxylic acids is 2. The minimum absolute atomic E-state index is 0.00696. The first-order chi connectivity index (χ1) is 13.5. The highest BCUT2D eigenvalue weighted by atomic mass is 35.5. The molecule has 0 saturated carbocycles. The number of fused-ring (bicyclic) bond motifs is 1.